The summed E-state index contributed by atoms with van der Waals surface area (Å²) in [4.78, 5) is 19.7. The Hall–Kier alpha value is -2.21. The highest BCUT2D eigenvalue weighted by atomic mass is 16.2. The number of rotatable bonds is 4. The van der Waals surface area contributed by atoms with Gasteiger partial charge in [-0.1, -0.05) is 24.3 Å². The summed E-state index contributed by atoms with van der Waals surface area (Å²) in [5.74, 6) is 0.594. The molecule has 1 atom stereocenters. The number of carbonyl (C=O) groups is 1. The number of benzene rings is 1. The Labute approximate surface area is 124 Å². The molecule has 112 valence electrons. The molecule has 6 heteroatoms. The van der Waals surface area contributed by atoms with Gasteiger partial charge in [0.15, 0.2) is 5.82 Å². The summed E-state index contributed by atoms with van der Waals surface area (Å²) in [7, 11) is 7.46. The topological polar surface area (TPSA) is 65.1 Å². The van der Waals surface area contributed by atoms with E-state index in [1.807, 2.05) is 26.2 Å². The monoisotopic (exact) mass is 287 g/mol. The second-order valence-corrected chi connectivity index (χ2v) is 5.47. The Morgan fingerprint density at radius 3 is 2.29 bits per heavy atom. The fourth-order valence-corrected chi connectivity index (χ4v) is 1.91. The molecule has 0 bridgehead atoms. The molecule has 1 N–H and O–H groups in total. The van der Waals surface area contributed by atoms with E-state index in [0.717, 1.165) is 5.56 Å². The third-order valence-corrected chi connectivity index (χ3v) is 3.52. The molecule has 1 amide bonds. The molecule has 0 aliphatic heterocycles. The number of H-pyrrole nitrogens is 1. The summed E-state index contributed by atoms with van der Waals surface area (Å²) in [5.41, 5.74) is 2.11. The molecule has 0 saturated carbocycles. The van der Waals surface area contributed by atoms with Gasteiger partial charge in [-0.3, -0.25) is 9.89 Å². The van der Waals surface area contributed by atoms with Crippen LogP contribution in [0.2, 0.25) is 0 Å². The van der Waals surface area contributed by atoms with Crippen LogP contribution in [0, 0.1) is 0 Å². The van der Waals surface area contributed by atoms with Crippen LogP contribution in [0.15, 0.2) is 24.3 Å². The van der Waals surface area contributed by atoms with E-state index in [0.29, 0.717) is 11.9 Å². The number of nitrogens with one attached hydrogen (secondary N) is 1. The maximum Gasteiger partial charge on any atom is 0.290 e. The van der Waals surface area contributed by atoms with Crippen molar-refractivity contribution in [2.45, 2.75) is 13.0 Å². The van der Waals surface area contributed by atoms with Crippen LogP contribution in [0.1, 0.15) is 29.1 Å². The summed E-state index contributed by atoms with van der Waals surface area (Å²) in [6.45, 7) is 2.15. The first-order valence-electron chi connectivity index (χ1n) is 6.81. The van der Waals surface area contributed by atoms with Crippen molar-refractivity contribution in [3.05, 3.63) is 35.7 Å². The summed E-state index contributed by atoms with van der Waals surface area (Å²) in [5, 5.41) is 6.79. The van der Waals surface area contributed by atoms with E-state index < -0.39 is 0 Å². The Morgan fingerprint density at radius 1 is 1.14 bits per heavy atom. The molecule has 1 aromatic carbocycles. The zero-order valence-corrected chi connectivity index (χ0v) is 13.1. The first-order valence-corrected chi connectivity index (χ1v) is 6.81. The van der Waals surface area contributed by atoms with Crippen LogP contribution in [-0.4, -0.2) is 59.1 Å². The number of carbonyl (C=O) groups excluding carboxylic acids is 1. The van der Waals surface area contributed by atoms with E-state index in [2.05, 4.69) is 39.1 Å². The standard InChI is InChI=1S/C15H21N5O/c1-10(19(2)3)11-6-8-12(9-7-11)13-16-14(18-17-13)15(21)20(4)5/h6-10H,1-5H3,(H,16,17,18)/t10-/m1/s1. The third-order valence-electron chi connectivity index (χ3n) is 3.52. The summed E-state index contributed by atoms with van der Waals surface area (Å²) in [6, 6.07) is 8.41. The Morgan fingerprint density at radius 2 is 1.76 bits per heavy atom. The lowest BCUT2D eigenvalue weighted by molar-refractivity contribution is 0.0816. The highest BCUT2D eigenvalue weighted by Crippen LogP contribution is 2.21. The first kappa shape index (κ1) is 15.2. The largest absolute Gasteiger partial charge is 0.342 e. The van der Waals surface area contributed by atoms with E-state index in [9.17, 15) is 4.79 Å². The van der Waals surface area contributed by atoms with Crippen molar-refractivity contribution >= 4 is 5.91 Å². The van der Waals surface area contributed by atoms with Crippen LogP contribution in [0.4, 0.5) is 0 Å². The van der Waals surface area contributed by atoms with E-state index in [1.54, 1.807) is 14.1 Å². The lowest BCUT2D eigenvalue weighted by Gasteiger charge is -2.20. The minimum atomic E-state index is -0.188. The Kier molecular flexibility index (Phi) is 4.37. The zero-order valence-electron chi connectivity index (χ0n) is 13.1. The molecule has 21 heavy (non-hydrogen) atoms. The van der Waals surface area contributed by atoms with Crippen molar-refractivity contribution in [1.29, 1.82) is 0 Å². The van der Waals surface area contributed by atoms with Crippen molar-refractivity contribution in [2.75, 3.05) is 28.2 Å². The van der Waals surface area contributed by atoms with Crippen molar-refractivity contribution in [3.8, 4) is 11.4 Å². The SMILES string of the molecule is C[C@H](c1ccc(-c2n[nH]c(C(=O)N(C)C)n2)cc1)N(C)C. The highest BCUT2D eigenvalue weighted by molar-refractivity contribution is 5.90. The van der Waals surface area contributed by atoms with Gasteiger partial charge in [-0.25, -0.2) is 4.98 Å². The van der Waals surface area contributed by atoms with E-state index in [4.69, 9.17) is 0 Å². The minimum Gasteiger partial charge on any atom is -0.342 e. The van der Waals surface area contributed by atoms with Crippen LogP contribution >= 0.6 is 0 Å². The minimum absolute atomic E-state index is 0.188. The second-order valence-electron chi connectivity index (χ2n) is 5.47. The molecule has 0 saturated heterocycles. The van der Waals surface area contributed by atoms with E-state index >= 15 is 0 Å². The fourth-order valence-electron chi connectivity index (χ4n) is 1.91. The van der Waals surface area contributed by atoms with Crippen molar-refractivity contribution < 1.29 is 4.79 Å². The average molecular weight is 287 g/mol. The van der Waals surface area contributed by atoms with Crippen LogP contribution in [0.25, 0.3) is 11.4 Å². The molecule has 2 rings (SSSR count). The van der Waals surface area contributed by atoms with Crippen LogP contribution in [-0.2, 0) is 0 Å². The molecule has 0 aliphatic rings. The van der Waals surface area contributed by atoms with Crippen LogP contribution < -0.4 is 0 Å². The molecule has 0 unspecified atom stereocenters. The number of nitrogens with zero attached hydrogens (tertiary/aromatic N) is 4. The molecule has 0 fully saturated rings. The number of hydrogen-bond donors (Lipinski definition) is 1. The number of aromatic amines is 1. The van der Waals surface area contributed by atoms with Gasteiger partial charge in [-0.2, -0.15) is 5.10 Å². The fraction of sp³-hybridized carbons (Fsp3) is 0.400. The van der Waals surface area contributed by atoms with Gasteiger partial charge in [0.25, 0.3) is 5.91 Å². The van der Waals surface area contributed by atoms with E-state index in [-0.39, 0.29) is 11.7 Å². The predicted octanol–water partition coefficient (Wildman–Crippen LogP) is 1.80. The Bertz CT molecular complexity index is 615. The summed E-state index contributed by atoms with van der Waals surface area (Å²) < 4.78 is 0. The van der Waals surface area contributed by atoms with Gasteiger partial charge in [0.1, 0.15) is 0 Å². The number of aromatic nitrogens is 3. The van der Waals surface area contributed by atoms with Gasteiger partial charge in [-0.15, -0.1) is 0 Å². The summed E-state index contributed by atoms with van der Waals surface area (Å²) in [6.07, 6.45) is 0. The molecule has 0 aliphatic carbocycles. The van der Waals surface area contributed by atoms with Crippen molar-refractivity contribution in [1.82, 2.24) is 25.0 Å². The Balaban J connectivity index is 2.22. The molecular weight excluding hydrogens is 266 g/mol. The molecule has 6 nitrogen and oxygen atoms in total. The molecule has 2 aromatic rings. The van der Waals surface area contributed by atoms with Gasteiger partial charge in [0, 0.05) is 25.7 Å². The zero-order chi connectivity index (χ0) is 15.6. The lowest BCUT2D eigenvalue weighted by atomic mass is 10.1. The lowest BCUT2D eigenvalue weighted by Crippen LogP contribution is -2.22. The molecular formula is C15H21N5O. The van der Waals surface area contributed by atoms with Gasteiger partial charge in [-0.05, 0) is 26.6 Å². The normalized spacial score (nSPS) is 12.5. The quantitative estimate of drug-likeness (QED) is 0.931. The molecule has 1 heterocycles. The predicted molar refractivity (Wildman–Crippen MR) is 81.9 cm³/mol. The highest BCUT2D eigenvalue weighted by Gasteiger charge is 2.15. The maximum atomic E-state index is 11.8. The van der Waals surface area contributed by atoms with Crippen LogP contribution in [0.5, 0.6) is 0 Å². The van der Waals surface area contributed by atoms with Gasteiger partial charge in [0.2, 0.25) is 5.82 Å². The maximum absolute atomic E-state index is 11.8. The molecule has 0 spiro atoms. The van der Waals surface area contributed by atoms with E-state index in [1.165, 1.54) is 10.5 Å². The van der Waals surface area contributed by atoms with Gasteiger partial charge >= 0.3 is 0 Å². The van der Waals surface area contributed by atoms with Crippen molar-refractivity contribution in [2.24, 2.45) is 0 Å². The van der Waals surface area contributed by atoms with Gasteiger partial charge < -0.3 is 9.80 Å². The first-order chi connectivity index (χ1) is 9.90. The smallest absolute Gasteiger partial charge is 0.290 e. The average Bonchev–Trinajstić information content (AvgIpc) is 2.95. The van der Waals surface area contributed by atoms with Gasteiger partial charge in [0.05, 0.1) is 0 Å². The van der Waals surface area contributed by atoms with Crippen molar-refractivity contribution in [3.63, 3.8) is 0 Å². The number of hydrogen-bond acceptors (Lipinski definition) is 4. The third kappa shape index (κ3) is 3.28. The molecule has 1 aromatic heterocycles. The summed E-state index contributed by atoms with van der Waals surface area (Å²) >= 11 is 0. The second kappa shape index (κ2) is 6.05. The van der Waals surface area contributed by atoms with Crippen LogP contribution in [0.3, 0.4) is 0 Å². The molecule has 0 radical (unpaired) electrons. The number of amides is 1.